The first-order chi connectivity index (χ1) is 8.34. The molecule has 0 bridgehead atoms. The van der Waals surface area contributed by atoms with Gasteiger partial charge in [0.25, 0.3) is 0 Å². The van der Waals surface area contributed by atoms with E-state index in [2.05, 4.69) is 12.6 Å². The summed E-state index contributed by atoms with van der Waals surface area (Å²) < 4.78 is 5.03. The fraction of sp³-hybridized carbons (Fsp3) is 0.417. The highest BCUT2D eigenvalue weighted by Gasteiger charge is 2.29. The molecule has 0 spiro atoms. The van der Waals surface area contributed by atoms with Crippen LogP contribution in [0.3, 0.4) is 0 Å². The van der Waals surface area contributed by atoms with Crippen molar-refractivity contribution in [3.05, 3.63) is 33.8 Å². The maximum absolute atomic E-state index is 11.7. The molecule has 0 aliphatic heterocycles. The van der Waals surface area contributed by atoms with Gasteiger partial charge in [0.1, 0.15) is 5.38 Å². The van der Waals surface area contributed by atoms with Crippen molar-refractivity contribution < 1.29 is 9.53 Å². The second-order valence-electron chi connectivity index (χ2n) is 3.97. The largest absolute Gasteiger partial charge is 0.462 e. The first-order valence-corrected chi connectivity index (χ1v) is 7.02. The molecular formula is C12H13Cl3O2S. The normalized spacial score (nSPS) is 14.4. The van der Waals surface area contributed by atoms with Crippen LogP contribution in [0.25, 0.3) is 0 Å². The molecule has 0 N–H and O–H groups in total. The first kappa shape index (κ1) is 16.0. The summed E-state index contributed by atoms with van der Waals surface area (Å²) in [6.07, 6.45) is -0.235. The Morgan fingerprint density at radius 1 is 1.28 bits per heavy atom. The van der Waals surface area contributed by atoms with Crippen LogP contribution in [0.1, 0.15) is 24.7 Å². The summed E-state index contributed by atoms with van der Waals surface area (Å²) in [5.41, 5.74) is 0.532. The Morgan fingerprint density at radius 2 is 1.78 bits per heavy atom. The SMILES string of the molecule is CC(C)OC(=O)C(Cl)C(S)c1c(Cl)cccc1Cl. The van der Waals surface area contributed by atoms with Crippen molar-refractivity contribution in [1.29, 1.82) is 0 Å². The number of thiol groups is 1. The van der Waals surface area contributed by atoms with Crippen LogP contribution in [0.5, 0.6) is 0 Å². The van der Waals surface area contributed by atoms with E-state index in [0.717, 1.165) is 0 Å². The molecular weight excluding hydrogens is 315 g/mol. The van der Waals surface area contributed by atoms with Crippen LogP contribution in [-0.2, 0) is 9.53 Å². The Hall–Kier alpha value is -0.0900. The Balaban J connectivity index is 2.93. The number of ether oxygens (including phenoxy) is 1. The van der Waals surface area contributed by atoms with Crippen LogP contribution in [0, 0.1) is 0 Å². The van der Waals surface area contributed by atoms with Gasteiger partial charge < -0.3 is 4.74 Å². The minimum Gasteiger partial charge on any atom is -0.462 e. The van der Waals surface area contributed by atoms with Gasteiger partial charge in [0.15, 0.2) is 0 Å². The topological polar surface area (TPSA) is 26.3 Å². The van der Waals surface area contributed by atoms with Gasteiger partial charge in [-0.25, -0.2) is 0 Å². The maximum Gasteiger partial charge on any atom is 0.325 e. The molecule has 0 heterocycles. The zero-order valence-electron chi connectivity index (χ0n) is 9.86. The molecule has 2 unspecified atom stereocenters. The molecule has 18 heavy (non-hydrogen) atoms. The average molecular weight is 328 g/mol. The van der Waals surface area contributed by atoms with Gasteiger partial charge in [0.05, 0.1) is 11.4 Å². The third-order valence-corrected chi connectivity index (χ3v) is 3.97. The molecule has 0 saturated carbocycles. The third-order valence-electron chi connectivity index (χ3n) is 2.15. The molecule has 0 amide bonds. The fourth-order valence-corrected chi connectivity index (χ4v) is 2.73. The Bertz CT molecular complexity index is 417. The van der Waals surface area contributed by atoms with Crippen LogP contribution in [0.2, 0.25) is 10.0 Å². The Labute approximate surface area is 127 Å². The summed E-state index contributed by atoms with van der Waals surface area (Å²) in [6.45, 7) is 3.50. The second kappa shape index (κ2) is 6.90. The van der Waals surface area contributed by atoms with Crippen molar-refractivity contribution in [2.45, 2.75) is 30.6 Å². The smallest absolute Gasteiger partial charge is 0.325 e. The molecule has 0 aromatic heterocycles. The zero-order valence-corrected chi connectivity index (χ0v) is 13.0. The van der Waals surface area contributed by atoms with Crippen molar-refractivity contribution in [2.75, 3.05) is 0 Å². The van der Waals surface area contributed by atoms with E-state index in [1.165, 1.54) is 0 Å². The molecule has 6 heteroatoms. The molecule has 0 fully saturated rings. The molecule has 0 radical (unpaired) electrons. The maximum atomic E-state index is 11.7. The number of carbonyl (C=O) groups is 1. The average Bonchev–Trinajstić information content (AvgIpc) is 2.26. The molecule has 2 atom stereocenters. The molecule has 2 nitrogen and oxygen atoms in total. The highest BCUT2D eigenvalue weighted by Crippen LogP contribution is 2.38. The lowest BCUT2D eigenvalue weighted by Crippen LogP contribution is -2.25. The fourth-order valence-electron chi connectivity index (χ4n) is 1.37. The van der Waals surface area contributed by atoms with E-state index in [1.807, 2.05) is 0 Å². The van der Waals surface area contributed by atoms with Crippen LogP contribution in [0.15, 0.2) is 18.2 Å². The van der Waals surface area contributed by atoms with Crippen molar-refractivity contribution in [3.8, 4) is 0 Å². The van der Waals surface area contributed by atoms with Crippen LogP contribution >= 0.6 is 47.4 Å². The zero-order chi connectivity index (χ0) is 13.9. The minimum absolute atomic E-state index is 0.235. The number of alkyl halides is 1. The van der Waals surface area contributed by atoms with Crippen molar-refractivity contribution in [2.24, 2.45) is 0 Å². The lowest BCUT2D eigenvalue weighted by Gasteiger charge is -2.20. The lowest BCUT2D eigenvalue weighted by atomic mass is 10.1. The van der Waals surface area contributed by atoms with Gasteiger partial charge in [-0.15, -0.1) is 11.6 Å². The van der Waals surface area contributed by atoms with Gasteiger partial charge in [-0.3, -0.25) is 4.79 Å². The van der Waals surface area contributed by atoms with Crippen LogP contribution in [-0.4, -0.2) is 17.5 Å². The molecule has 0 aliphatic rings. The number of rotatable bonds is 4. The van der Waals surface area contributed by atoms with Gasteiger partial charge in [-0.05, 0) is 26.0 Å². The quantitative estimate of drug-likeness (QED) is 0.500. The van der Waals surface area contributed by atoms with Gasteiger partial charge in [-0.1, -0.05) is 29.3 Å². The van der Waals surface area contributed by atoms with Gasteiger partial charge >= 0.3 is 5.97 Å². The molecule has 1 aromatic carbocycles. The minimum atomic E-state index is -0.951. The number of hydrogen-bond acceptors (Lipinski definition) is 3. The van der Waals surface area contributed by atoms with E-state index in [9.17, 15) is 4.79 Å². The summed E-state index contributed by atoms with van der Waals surface area (Å²) in [4.78, 5) is 11.7. The summed E-state index contributed by atoms with van der Waals surface area (Å²) in [6, 6.07) is 5.05. The Morgan fingerprint density at radius 3 is 2.22 bits per heavy atom. The van der Waals surface area contributed by atoms with Crippen LogP contribution in [0.4, 0.5) is 0 Å². The lowest BCUT2D eigenvalue weighted by molar-refractivity contribution is -0.146. The van der Waals surface area contributed by atoms with E-state index < -0.39 is 16.6 Å². The van der Waals surface area contributed by atoms with E-state index in [1.54, 1.807) is 32.0 Å². The Kier molecular flexibility index (Phi) is 6.12. The summed E-state index contributed by atoms with van der Waals surface area (Å²) in [5, 5.41) is -0.733. The summed E-state index contributed by atoms with van der Waals surface area (Å²) in [7, 11) is 0. The monoisotopic (exact) mass is 326 g/mol. The van der Waals surface area contributed by atoms with Crippen molar-refractivity contribution >= 4 is 53.4 Å². The predicted octanol–water partition coefficient (Wildman–Crippen LogP) is 4.52. The number of esters is 1. The van der Waals surface area contributed by atoms with E-state index in [-0.39, 0.29) is 6.10 Å². The highest BCUT2D eigenvalue weighted by atomic mass is 35.5. The van der Waals surface area contributed by atoms with Crippen LogP contribution < -0.4 is 0 Å². The number of hydrogen-bond donors (Lipinski definition) is 1. The molecule has 0 aliphatic carbocycles. The molecule has 1 aromatic rings. The molecule has 0 saturated heterocycles. The van der Waals surface area contributed by atoms with E-state index in [0.29, 0.717) is 15.6 Å². The van der Waals surface area contributed by atoms with E-state index in [4.69, 9.17) is 39.5 Å². The highest BCUT2D eigenvalue weighted by molar-refractivity contribution is 7.80. The van der Waals surface area contributed by atoms with Gasteiger partial charge in [0.2, 0.25) is 0 Å². The molecule has 100 valence electrons. The van der Waals surface area contributed by atoms with Crippen molar-refractivity contribution in [3.63, 3.8) is 0 Å². The van der Waals surface area contributed by atoms with Gasteiger partial charge in [0, 0.05) is 15.6 Å². The standard InChI is InChI=1S/C12H13Cl3O2S/c1-6(2)17-12(16)10(15)11(18)9-7(13)4-3-5-8(9)14/h3-6,10-11,18H,1-2H3. The van der Waals surface area contributed by atoms with E-state index >= 15 is 0 Å². The number of benzene rings is 1. The molecule has 1 rings (SSSR count). The summed E-state index contributed by atoms with van der Waals surface area (Å²) in [5.74, 6) is -0.539. The first-order valence-electron chi connectivity index (χ1n) is 5.31. The predicted molar refractivity (Wildman–Crippen MR) is 79.1 cm³/mol. The second-order valence-corrected chi connectivity index (χ2v) is 5.81. The van der Waals surface area contributed by atoms with Crippen molar-refractivity contribution in [1.82, 2.24) is 0 Å². The number of halogens is 3. The van der Waals surface area contributed by atoms with Gasteiger partial charge in [-0.2, -0.15) is 12.6 Å². The third kappa shape index (κ3) is 3.95. The summed E-state index contributed by atoms with van der Waals surface area (Å²) >= 11 is 22.4. The number of carbonyl (C=O) groups excluding carboxylic acids is 1.